The van der Waals surface area contributed by atoms with E-state index in [1.54, 1.807) is 13.8 Å². The van der Waals surface area contributed by atoms with Crippen molar-refractivity contribution in [1.29, 1.82) is 0 Å². The summed E-state index contributed by atoms with van der Waals surface area (Å²) in [6, 6.07) is 0. The van der Waals surface area contributed by atoms with Crippen molar-refractivity contribution in [1.82, 2.24) is 9.97 Å². The summed E-state index contributed by atoms with van der Waals surface area (Å²) >= 11 is 1.49. The van der Waals surface area contributed by atoms with Gasteiger partial charge in [0.15, 0.2) is 5.57 Å². The Morgan fingerprint density at radius 1 is 1.27 bits per heavy atom. The molecule has 0 spiro atoms. The van der Waals surface area contributed by atoms with Crippen LogP contribution in [0.25, 0.3) is 0 Å². The topological polar surface area (TPSA) is 90.4 Å². The molecule has 7 nitrogen and oxygen atoms in total. The Bertz CT molecular complexity index is 555. The third kappa shape index (κ3) is 5.03. The van der Waals surface area contributed by atoms with Gasteiger partial charge in [-0.2, -0.15) is 0 Å². The molecule has 0 atom stereocenters. The average Bonchev–Trinajstić information content (AvgIpc) is 2.48. The van der Waals surface area contributed by atoms with E-state index in [-0.39, 0.29) is 18.8 Å². The SMILES string of the molecule is CCOC(=O)C(=CNc1cnc(SC)c(C)n1)C(=O)OCC. The lowest BCUT2D eigenvalue weighted by Crippen LogP contribution is -2.19. The van der Waals surface area contributed by atoms with Crippen LogP contribution in [0.3, 0.4) is 0 Å². The molecule has 1 N–H and O–H groups in total. The van der Waals surface area contributed by atoms with E-state index in [0.717, 1.165) is 10.7 Å². The first-order valence-electron chi connectivity index (χ1n) is 6.72. The summed E-state index contributed by atoms with van der Waals surface area (Å²) in [6.07, 6.45) is 4.64. The van der Waals surface area contributed by atoms with Crippen LogP contribution in [0.4, 0.5) is 5.82 Å². The number of esters is 2. The van der Waals surface area contributed by atoms with E-state index >= 15 is 0 Å². The molecule has 0 aliphatic rings. The molecule has 1 rings (SSSR count). The van der Waals surface area contributed by atoms with Crippen LogP contribution in [-0.4, -0.2) is 41.4 Å². The predicted molar refractivity (Wildman–Crippen MR) is 83.5 cm³/mol. The Balaban J connectivity index is 2.94. The summed E-state index contributed by atoms with van der Waals surface area (Å²) < 4.78 is 9.67. The summed E-state index contributed by atoms with van der Waals surface area (Å²) in [6.45, 7) is 5.47. The quantitative estimate of drug-likeness (QED) is 0.267. The maximum Gasteiger partial charge on any atom is 0.347 e. The molecule has 0 aromatic carbocycles. The fourth-order valence-corrected chi connectivity index (χ4v) is 2.00. The van der Waals surface area contributed by atoms with Gasteiger partial charge in [0.2, 0.25) is 0 Å². The van der Waals surface area contributed by atoms with Gasteiger partial charge in [0.25, 0.3) is 0 Å². The number of anilines is 1. The molecule has 0 bridgehead atoms. The first-order valence-corrected chi connectivity index (χ1v) is 7.94. The summed E-state index contributed by atoms with van der Waals surface area (Å²) in [5.41, 5.74) is 0.525. The summed E-state index contributed by atoms with van der Waals surface area (Å²) in [7, 11) is 0. The molecular weight excluding hydrogens is 306 g/mol. The third-order valence-electron chi connectivity index (χ3n) is 2.45. The van der Waals surface area contributed by atoms with E-state index < -0.39 is 11.9 Å². The van der Waals surface area contributed by atoms with Crippen molar-refractivity contribution < 1.29 is 19.1 Å². The third-order valence-corrected chi connectivity index (χ3v) is 3.24. The summed E-state index contributed by atoms with van der Waals surface area (Å²) in [5.74, 6) is -1.08. The van der Waals surface area contributed by atoms with Gasteiger partial charge >= 0.3 is 11.9 Å². The molecule has 0 saturated heterocycles. The second-order valence-electron chi connectivity index (χ2n) is 3.99. The molecule has 1 aromatic rings. The van der Waals surface area contributed by atoms with Crippen LogP contribution in [0.15, 0.2) is 23.0 Å². The molecule has 120 valence electrons. The smallest absolute Gasteiger partial charge is 0.347 e. The monoisotopic (exact) mass is 325 g/mol. The van der Waals surface area contributed by atoms with Crippen molar-refractivity contribution >= 4 is 29.5 Å². The molecule has 8 heteroatoms. The van der Waals surface area contributed by atoms with E-state index in [1.807, 2.05) is 13.2 Å². The average molecular weight is 325 g/mol. The van der Waals surface area contributed by atoms with Gasteiger partial charge in [-0.25, -0.2) is 19.6 Å². The van der Waals surface area contributed by atoms with Crippen LogP contribution in [0.5, 0.6) is 0 Å². The normalized spacial score (nSPS) is 9.82. The fraction of sp³-hybridized carbons (Fsp3) is 0.429. The van der Waals surface area contributed by atoms with Crippen molar-refractivity contribution in [2.75, 3.05) is 24.8 Å². The summed E-state index contributed by atoms with van der Waals surface area (Å²) in [5, 5.41) is 3.58. The van der Waals surface area contributed by atoms with Crippen LogP contribution >= 0.6 is 11.8 Å². The predicted octanol–water partition coefficient (Wildman–Crippen LogP) is 1.93. The van der Waals surface area contributed by atoms with Crippen molar-refractivity contribution in [3.05, 3.63) is 23.7 Å². The number of aromatic nitrogens is 2. The highest BCUT2D eigenvalue weighted by atomic mass is 32.2. The Morgan fingerprint density at radius 3 is 2.32 bits per heavy atom. The maximum atomic E-state index is 11.8. The minimum Gasteiger partial charge on any atom is -0.462 e. The lowest BCUT2D eigenvalue weighted by atomic mass is 10.3. The first-order chi connectivity index (χ1) is 10.5. The van der Waals surface area contributed by atoms with Crippen LogP contribution in [0.1, 0.15) is 19.5 Å². The molecule has 0 unspecified atom stereocenters. The number of aryl methyl sites for hydroxylation is 1. The van der Waals surface area contributed by atoms with Gasteiger partial charge in [0.1, 0.15) is 10.8 Å². The molecule has 0 amide bonds. The minimum atomic E-state index is -0.751. The Labute approximate surface area is 133 Å². The Kier molecular flexibility index (Phi) is 7.38. The summed E-state index contributed by atoms with van der Waals surface area (Å²) in [4.78, 5) is 32.1. The van der Waals surface area contributed by atoms with Gasteiger partial charge in [-0.3, -0.25) is 0 Å². The Hall–Kier alpha value is -2.09. The van der Waals surface area contributed by atoms with Crippen molar-refractivity contribution in [3.8, 4) is 0 Å². The number of carbonyl (C=O) groups excluding carboxylic acids is 2. The molecule has 22 heavy (non-hydrogen) atoms. The molecule has 0 fully saturated rings. The number of hydrogen-bond acceptors (Lipinski definition) is 8. The van der Waals surface area contributed by atoms with Crippen molar-refractivity contribution in [2.45, 2.75) is 25.8 Å². The molecule has 0 aliphatic carbocycles. The second-order valence-corrected chi connectivity index (χ2v) is 4.79. The lowest BCUT2D eigenvalue weighted by Gasteiger charge is -2.08. The van der Waals surface area contributed by atoms with Crippen molar-refractivity contribution in [2.24, 2.45) is 0 Å². The number of thioether (sulfide) groups is 1. The number of nitrogens with one attached hydrogen (secondary N) is 1. The molecule has 0 radical (unpaired) electrons. The Morgan fingerprint density at radius 2 is 1.86 bits per heavy atom. The lowest BCUT2D eigenvalue weighted by molar-refractivity contribution is -0.146. The van der Waals surface area contributed by atoms with Gasteiger partial charge in [-0.15, -0.1) is 11.8 Å². The van der Waals surface area contributed by atoms with E-state index in [1.165, 1.54) is 24.2 Å². The second kappa shape index (κ2) is 9.04. The van der Waals surface area contributed by atoms with Crippen LogP contribution in [0.2, 0.25) is 0 Å². The van der Waals surface area contributed by atoms with Gasteiger partial charge in [-0.1, -0.05) is 0 Å². The first kappa shape index (κ1) is 18.0. The van der Waals surface area contributed by atoms with Crippen LogP contribution in [-0.2, 0) is 19.1 Å². The zero-order chi connectivity index (χ0) is 16.5. The van der Waals surface area contributed by atoms with Crippen molar-refractivity contribution in [3.63, 3.8) is 0 Å². The number of hydrogen-bond donors (Lipinski definition) is 1. The standard InChI is InChI=1S/C14H19N3O4S/c1-5-20-13(18)10(14(19)21-6-2)7-15-11-8-16-12(22-4)9(3)17-11/h7-8H,5-6H2,1-4H3,(H,15,17). The highest BCUT2D eigenvalue weighted by Gasteiger charge is 2.21. The number of rotatable bonds is 7. The molecule has 1 aromatic heterocycles. The van der Waals surface area contributed by atoms with E-state index in [9.17, 15) is 9.59 Å². The van der Waals surface area contributed by atoms with Gasteiger partial charge in [-0.05, 0) is 27.0 Å². The van der Waals surface area contributed by atoms with E-state index in [4.69, 9.17) is 9.47 Å². The molecule has 0 saturated carbocycles. The van der Waals surface area contributed by atoms with Gasteiger partial charge < -0.3 is 14.8 Å². The van der Waals surface area contributed by atoms with Crippen LogP contribution < -0.4 is 5.32 Å². The zero-order valence-electron chi connectivity index (χ0n) is 13.0. The molecular formula is C14H19N3O4S. The van der Waals surface area contributed by atoms with E-state index in [2.05, 4.69) is 15.3 Å². The molecule has 0 aliphatic heterocycles. The fourth-order valence-electron chi connectivity index (χ4n) is 1.51. The van der Waals surface area contributed by atoms with E-state index in [0.29, 0.717) is 5.82 Å². The highest BCUT2D eigenvalue weighted by molar-refractivity contribution is 7.98. The highest BCUT2D eigenvalue weighted by Crippen LogP contribution is 2.16. The largest absolute Gasteiger partial charge is 0.462 e. The maximum absolute atomic E-state index is 11.8. The number of nitrogens with zero attached hydrogens (tertiary/aromatic N) is 2. The van der Waals surface area contributed by atoms with Gasteiger partial charge in [0, 0.05) is 6.20 Å². The van der Waals surface area contributed by atoms with Gasteiger partial charge in [0.05, 0.1) is 25.1 Å². The minimum absolute atomic E-state index is 0.164. The number of carbonyl (C=O) groups is 2. The molecule has 1 heterocycles. The van der Waals surface area contributed by atoms with Crippen LogP contribution in [0, 0.1) is 6.92 Å². The zero-order valence-corrected chi connectivity index (χ0v) is 13.8. The number of ether oxygens (including phenoxy) is 2.